The zero-order valence-electron chi connectivity index (χ0n) is 6.74. The summed E-state index contributed by atoms with van der Waals surface area (Å²) in [5.74, 6) is 0. The smallest absolute Gasteiger partial charge is 0.141 e. The van der Waals surface area contributed by atoms with Crippen LogP contribution < -0.4 is 5.48 Å². The molecule has 0 heterocycles. The summed E-state index contributed by atoms with van der Waals surface area (Å²) in [6, 6.07) is -1.41. The summed E-state index contributed by atoms with van der Waals surface area (Å²) in [5, 5.41) is 43.7. The summed E-state index contributed by atoms with van der Waals surface area (Å²) in [4.78, 5) is 10.2. The Bertz CT molecular complexity index is 154. The molecule has 0 aromatic carbocycles. The molecule has 0 saturated heterocycles. The van der Waals surface area contributed by atoms with E-state index < -0.39 is 31.0 Å². The largest absolute Gasteiger partial charge is 0.394 e. The van der Waals surface area contributed by atoms with E-state index in [0.29, 0.717) is 0 Å². The topological polar surface area (TPSA) is 130 Å². The van der Waals surface area contributed by atoms with Crippen molar-refractivity contribution >= 4 is 6.29 Å². The summed E-state index contributed by atoms with van der Waals surface area (Å²) < 4.78 is 0. The van der Waals surface area contributed by atoms with Gasteiger partial charge in [-0.25, -0.2) is 0 Å². The van der Waals surface area contributed by atoms with E-state index in [-0.39, 0.29) is 6.29 Å². The third-order valence-electron chi connectivity index (χ3n) is 1.59. The van der Waals surface area contributed by atoms with Crippen LogP contribution in [-0.4, -0.2) is 62.9 Å². The van der Waals surface area contributed by atoms with Crippen molar-refractivity contribution in [2.75, 3.05) is 6.61 Å². The highest BCUT2D eigenvalue weighted by Crippen LogP contribution is 2.02. The molecule has 0 radical (unpaired) electrons. The van der Waals surface area contributed by atoms with Gasteiger partial charge in [-0.15, -0.1) is 0 Å². The van der Waals surface area contributed by atoms with E-state index in [4.69, 9.17) is 25.6 Å². The number of carbonyl (C=O) groups is 1. The minimum Gasteiger partial charge on any atom is -0.394 e. The first kappa shape index (κ1) is 12.4. The maximum Gasteiger partial charge on any atom is 0.141 e. The quantitative estimate of drug-likeness (QED) is 0.192. The molecule has 4 atom stereocenters. The highest BCUT2D eigenvalue weighted by molar-refractivity contribution is 5.58. The van der Waals surface area contributed by atoms with E-state index in [1.165, 1.54) is 5.48 Å². The van der Waals surface area contributed by atoms with Crippen molar-refractivity contribution in [1.29, 1.82) is 0 Å². The molecule has 0 aliphatic carbocycles. The number of hydrogen-bond acceptors (Lipinski definition) is 7. The molecule has 0 aliphatic rings. The predicted molar refractivity (Wildman–Crippen MR) is 39.9 cm³/mol. The van der Waals surface area contributed by atoms with Crippen molar-refractivity contribution in [2.24, 2.45) is 0 Å². The van der Waals surface area contributed by atoms with Crippen LogP contribution in [0.5, 0.6) is 0 Å². The average molecular weight is 195 g/mol. The predicted octanol–water partition coefficient (Wildman–Crippen LogP) is -3.39. The Morgan fingerprint density at radius 3 is 2.08 bits per heavy atom. The number of aliphatic hydroxyl groups excluding tert-OH is 4. The zero-order valence-corrected chi connectivity index (χ0v) is 6.74. The molecule has 0 aromatic heterocycles. The van der Waals surface area contributed by atoms with Crippen LogP contribution in [0.1, 0.15) is 0 Å². The van der Waals surface area contributed by atoms with Crippen molar-refractivity contribution in [3.8, 4) is 0 Å². The fourth-order valence-corrected chi connectivity index (χ4v) is 0.735. The number of nitrogens with one attached hydrogen (secondary N) is 1. The molecule has 0 fully saturated rings. The van der Waals surface area contributed by atoms with Gasteiger partial charge in [-0.2, -0.15) is 5.48 Å². The van der Waals surface area contributed by atoms with Crippen molar-refractivity contribution < 1.29 is 30.4 Å². The molecule has 0 aromatic rings. The maximum atomic E-state index is 10.2. The summed E-state index contributed by atoms with van der Waals surface area (Å²) in [6.07, 6.45) is -4.80. The normalized spacial score (nSPS) is 20.4. The van der Waals surface area contributed by atoms with Gasteiger partial charge in [0.2, 0.25) is 0 Å². The van der Waals surface area contributed by atoms with Gasteiger partial charge in [0, 0.05) is 0 Å². The molecule has 7 nitrogen and oxygen atoms in total. The monoisotopic (exact) mass is 195 g/mol. The molecule has 4 unspecified atom stereocenters. The SMILES string of the molecule is O=CC(NO)C(O)C(O)C(O)CO. The minimum absolute atomic E-state index is 0.165. The van der Waals surface area contributed by atoms with Gasteiger partial charge in [-0.3, -0.25) is 0 Å². The Labute approximate surface area is 74.2 Å². The van der Waals surface area contributed by atoms with Gasteiger partial charge in [-0.1, -0.05) is 0 Å². The second-order valence-electron chi connectivity index (χ2n) is 2.52. The second-order valence-corrected chi connectivity index (χ2v) is 2.52. The van der Waals surface area contributed by atoms with Crippen molar-refractivity contribution in [3.63, 3.8) is 0 Å². The van der Waals surface area contributed by atoms with E-state index in [1.54, 1.807) is 0 Å². The van der Waals surface area contributed by atoms with Gasteiger partial charge in [0.15, 0.2) is 0 Å². The van der Waals surface area contributed by atoms with Crippen molar-refractivity contribution in [1.82, 2.24) is 5.48 Å². The lowest BCUT2D eigenvalue weighted by Gasteiger charge is -2.24. The second kappa shape index (κ2) is 5.97. The van der Waals surface area contributed by atoms with E-state index in [2.05, 4.69) is 0 Å². The third kappa shape index (κ3) is 3.35. The fraction of sp³-hybridized carbons (Fsp3) is 0.833. The van der Waals surface area contributed by atoms with E-state index in [1.807, 2.05) is 0 Å². The molecule has 0 saturated carbocycles. The van der Waals surface area contributed by atoms with Gasteiger partial charge in [-0.05, 0) is 0 Å². The first-order valence-electron chi connectivity index (χ1n) is 3.58. The van der Waals surface area contributed by atoms with E-state index >= 15 is 0 Å². The zero-order chi connectivity index (χ0) is 10.4. The Morgan fingerprint density at radius 1 is 1.23 bits per heavy atom. The molecule has 0 aliphatic heterocycles. The maximum absolute atomic E-state index is 10.2. The van der Waals surface area contributed by atoms with Crippen molar-refractivity contribution in [3.05, 3.63) is 0 Å². The number of aldehydes is 1. The standard InChI is InChI=1S/C6H13NO6/c8-1-3(7-13)5(11)6(12)4(10)2-9/h1,3-7,9-13H,2H2. The molecule has 13 heavy (non-hydrogen) atoms. The fourth-order valence-electron chi connectivity index (χ4n) is 0.735. The Kier molecular flexibility index (Phi) is 5.71. The molecule has 0 spiro atoms. The number of aliphatic hydroxyl groups is 4. The van der Waals surface area contributed by atoms with Crippen molar-refractivity contribution in [2.45, 2.75) is 24.4 Å². The lowest BCUT2D eigenvalue weighted by molar-refractivity contribution is -0.126. The summed E-state index contributed by atoms with van der Waals surface area (Å²) in [5.41, 5.74) is 1.44. The van der Waals surface area contributed by atoms with Crippen LogP contribution in [0.4, 0.5) is 0 Å². The van der Waals surface area contributed by atoms with Gasteiger partial charge in [0.1, 0.15) is 30.6 Å². The van der Waals surface area contributed by atoms with Crippen LogP contribution in [0.15, 0.2) is 0 Å². The first-order chi connectivity index (χ1) is 6.08. The Balaban J connectivity index is 4.21. The van der Waals surface area contributed by atoms with Gasteiger partial charge < -0.3 is 30.4 Å². The molecule has 6 N–H and O–H groups in total. The molecule has 78 valence electrons. The number of hydroxylamine groups is 1. The summed E-state index contributed by atoms with van der Waals surface area (Å²) >= 11 is 0. The molecular weight excluding hydrogens is 182 g/mol. The lowest BCUT2D eigenvalue weighted by atomic mass is 10.0. The molecule has 0 amide bonds. The van der Waals surface area contributed by atoms with E-state index in [0.717, 1.165) is 0 Å². The van der Waals surface area contributed by atoms with E-state index in [9.17, 15) is 4.79 Å². The van der Waals surface area contributed by atoms with Crippen LogP contribution in [0.3, 0.4) is 0 Å². The van der Waals surface area contributed by atoms with Crippen LogP contribution in [0, 0.1) is 0 Å². The average Bonchev–Trinajstić information content (AvgIpc) is 2.17. The number of carbonyl (C=O) groups excluding carboxylic acids is 1. The molecule has 0 rings (SSSR count). The summed E-state index contributed by atoms with van der Waals surface area (Å²) in [6.45, 7) is -0.755. The summed E-state index contributed by atoms with van der Waals surface area (Å²) in [7, 11) is 0. The Morgan fingerprint density at radius 2 is 1.77 bits per heavy atom. The lowest BCUT2D eigenvalue weighted by Crippen LogP contribution is -2.51. The van der Waals surface area contributed by atoms with Gasteiger partial charge >= 0.3 is 0 Å². The third-order valence-corrected chi connectivity index (χ3v) is 1.59. The molecule has 0 bridgehead atoms. The molecule has 7 heteroatoms. The highest BCUT2D eigenvalue weighted by atomic mass is 16.5. The highest BCUT2D eigenvalue weighted by Gasteiger charge is 2.30. The number of rotatable bonds is 6. The van der Waals surface area contributed by atoms with Crippen LogP contribution >= 0.6 is 0 Å². The van der Waals surface area contributed by atoms with Gasteiger partial charge in [0.25, 0.3) is 0 Å². The minimum atomic E-state index is -1.71. The van der Waals surface area contributed by atoms with Gasteiger partial charge in [0.05, 0.1) is 6.61 Å². The number of hydrogen-bond donors (Lipinski definition) is 6. The Hall–Kier alpha value is -0.570. The molecular formula is C6H13NO6. The van der Waals surface area contributed by atoms with Crippen LogP contribution in [0.25, 0.3) is 0 Å². The van der Waals surface area contributed by atoms with Crippen LogP contribution in [0.2, 0.25) is 0 Å². The first-order valence-corrected chi connectivity index (χ1v) is 3.58. The van der Waals surface area contributed by atoms with Crippen LogP contribution in [-0.2, 0) is 4.79 Å².